The van der Waals surface area contributed by atoms with Gasteiger partial charge in [-0.25, -0.2) is 21.5 Å². The average molecular weight is 496 g/mol. The quantitative estimate of drug-likeness (QED) is 0.585. The van der Waals surface area contributed by atoms with E-state index in [0.29, 0.717) is 12.2 Å². The van der Waals surface area contributed by atoms with Gasteiger partial charge in [-0.15, -0.1) is 0 Å². The van der Waals surface area contributed by atoms with E-state index in [2.05, 4.69) is 32.6 Å². The first kappa shape index (κ1) is 24.3. The van der Waals surface area contributed by atoms with Crippen LogP contribution in [0.2, 0.25) is 0 Å². The van der Waals surface area contributed by atoms with E-state index < -0.39 is 0 Å². The lowest BCUT2D eigenvalue weighted by molar-refractivity contribution is 0.0973. The first-order valence-electron chi connectivity index (χ1n) is 12.4. The Morgan fingerprint density at radius 2 is 2.14 bits per heavy atom. The van der Waals surface area contributed by atoms with Crippen LogP contribution in [0.25, 0.3) is 4.85 Å². The van der Waals surface area contributed by atoms with Gasteiger partial charge in [-0.05, 0) is 44.7 Å². The van der Waals surface area contributed by atoms with E-state index in [1.54, 1.807) is 6.20 Å². The van der Waals surface area contributed by atoms with Crippen molar-refractivity contribution < 1.29 is 9.84 Å². The fourth-order valence-electron chi connectivity index (χ4n) is 5.63. The fraction of sp³-hybridized carbons (Fsp3) is 0.600. The van der Waals surface area contributed by atoms with Gasteiger partial charge in [0.1, 0.15) is 22.6 Å². The highest BCUT2D eigenvalue weighted by molar-refractivity contribution is 7.99. The summed E-state index contributed by atoms with van der Waals surface area (Å²) in [6, 6.07) is 4.31. The molecule has 3 N–H and O–H groups in total. The molecule has 5 heterocycles. The summed E-state index contributed by atoms with van der Waals surface area (Å²) in [5, 5.41) is 10.8. The van der Waals surface area contributed by atoms with Crippen molar-refractivity contribution in [2.75, 3.05) is 42.6 Å². The fourth-order valence-corrected chi connectivity index (χ4v) is 6.43. The standard InChI is InChI=1S/C25H33N7O2S/c1-17-23(26)25(16-34-17)6-10-31(11-7-25)24-20(15-33)30-22(14-29-24)35-19-5-8-28-21(12-19)32-9-3-4-18(32)13-27-2/h5,8,12,14,17-18,23,33H,3-4,6-7,9-11,13,15-16,26H2,1H3/t17-,18?,23+/m0/s1. The number of nitrogens with zero attached hydrogens (tertiary/aromatic N) is 6. The van der Waals surface area contributed by atoms with Crippen LogP contribution in [-0.4, -0.2) is 71.0 Å². The lowest BCUT2D eigenvalue weighted by Gasteiger charge is -2.41. The van der Waals surface area contributed by atoms with Gasteiger partial charge in [0.15, 0.2) is 5.82 Å². The first-order chi connectivity index (χ1) is 17.0. The minimum absolute atomic E-state index is 0.0423. The third-order valence-corrected chi connectivity index (χ3v) is 8.66. The van der Waals surface area contributed by atoms with E-state index in [1.165, 1.54) is 11.8 Å². The minimum Gasteiger partial charge on any atom is -0.390 e. The number of aromatic nitrogens is 3. The Hall–Kier alpha value is -2.45. The molecule has 9 nitrogen and oxygen atoms in total. The van der Waals surface area contributed by atoms with E-state index in [4.69, 9.17) is 27.0 Å². The van der Waals surface area contributed by atoms with Gasteiger partial charge in [0.05, 0.1) is 25.5 Å². The highest BCUT2D eigenvalue weighted by Crippen LogP contribution is 2.42. The molecule has 3 aliphatic rings. The lowest BCUT2D eigenvalue weighted by atomic mass is 9.73. The molecule has 0 amide bonds. The second-order valence-corrected chi connectivity index (χ2v) is 10.9. The molecule has 0 aliphatic carbocycles. The molecule has 3 fully saturated rings. The van der Waals surface area contributed by atoms with Crippen molar-refractivity contribution in [2.45, 2.75) is 67.3 Å². The molecule has 3 atom stereocenters. The summed E-state index contributed by atoms with van der Waals surface area (Å²) in [6.07, 6.45) is 7.71. The molecule has 3 saturated heterocycles. The number of rotatable bonds is 6. The first-order valence-corrected chi connectivity index (χ1v) is 13.2. The molecule has 0 bridgehead atoms. The van der Waals surface area contributed by atoms with E-state index >= 15 is 0 Å². The number of anilines is 2. The maximum atomic E-state index is 10.1. The Labute approximate surface area is 210 Å². The maximum Gasteiger partial charge on any atom is 0.234 e. The van der Waals surface area contributed by atoms with Crippen molar-refractivity contribution in [1.82, 2.24) is 15.0 Å². The molecular weight excluding hydrogens is 462 g/mol. The van der Waals surface area contributed by atoms with E-state index in [0.717, 1.165) is 73.5 Å². The smallest absolute Gasteiger partial charge is 0.234 e. The predicted molar refractivity (Wildman–Crippen MR) is 135 cm³/mol. The Balaban J connectivity index is 1.28. The zero-order valence-corrected chi connectivity index (χ0v) is 21.0. The van der Waals surface area contributed by atoms with Crippen LogP contribution in [0, 0.1) is 12.0 Å². The van der Waals surface area contributed by atoms with Gasteiger partial charge in [0.25, 0.3) is 0 Å². The Morgan fingerprint density at radius 3 is 2.86 bits per heavy atom. The number of hydrogen-bond donors (Lipinski definition) is 2. The van der Waals surface area contributed by atoms with Crippen LogP contribution in [0.15, 0.2) is 34.4 Å². The zero-order valence-electron chi connectivity index (χ0n) is 20.1. The topological polar surface area (TPSA) is 105 Å². The third kappa shape index (κ3) is 4.83. The van der Waals surface area contributed by atoms with Crippen LogP contribution in [0.5, 0.6) is 0 Å². The number of piperidine rings is 1. The molecule has 3 aliphatic heterocycles. The second-order valence-electron chi connectivity index (χ2n) is 9.81. The number of nitrogens with two attached hydrogens (primary N) is 1. The van der Waals surface area contributed by atoms with Gasteiger partial charge in [0, 0.05) is 42.2 Å². The predicted octanol–water partition coefficient (Wildman–Crippen LogP) is 2.74. The van der Waals surface area contributed by atoms with Crippen LogP contribution in [0.4, 0.5) is 11.6 Å². The SMILES string of the molecule is [C-]#[N+]CC1CCCN1c1cc(Sc2cnc(N3CCC4(CC3)CO[C@@H](C)[C@H]4N)c(CO)n2)ccn1. The summed E-state index contributed by atoms with van der Waals surface area (Å²) < 4.78 is 5.84. The summed E-state index contributed by atoms with van der Waals surface area (Å²) in [4.78, 5) is 23.1. The third-order valence-electron chi connectivity index (χ3n) is 7.77. The number of aliphatic hydroxyl groups excluding tert-OH is 1. The normalized spacial score (nSPS) is 25.8. The van der Waals surface area contributed by atoms with Crippen molar-refractivity contribution in [3.05, 3.63) is 41.6 Å². The second kappa shape index (κ2) is 10.3. The molecular formula is C25H33N7O2S. The molecule has 1 unspecified atom stereocenters. The van der Waals surface area contributed by atoms with Crippen LogP contribution in [0.3, 0.4) is 0 Å². The van der Waals surface area contributed by atoms with Crippen molar-refractivity contribution in [1.29, 1.82) is 0 Å². The Bertz CT molecular complexity index is 1090. The number of hydrogen-bond acceptors (Lipinski definition) is 9. The molecule has 10 heteroatoms. The van der Waals surface area contributed by atoms with Crippen LogP contribution < -0.4 is 15.5 Å². The van der Waals surface area contributed by atoms with Crippen molar-refractivity contribution in [2.24, 2.45) is 11.1 Å². The summed E-state index contributed by atoms with van der Waals surface area (Å²) in [7, 11) is 0. The Kier molecular flexibility index (Phi) is 7.12. The monoisotopic (exact) mass is 495 g/mol. The largest absolute Gasteiger partial charge is 0.390 e. The van der Waals surface area contributed by atoms with E-state index in [9.17, 15) is 5.11 Å². The summed E-state index contributed by atoms with van der Waals surface area (Å²) in [6.45, 7) is 12.9. The molecule has 5 rings (SSSR count). The number of aliphatic hydroxyl groups is 1. The summed E-state index contributed by atoms with van der Waals surface area (Å²) in [5.74, 6) is 1.65. The summed E-state index contributed by atoms with van der Waals surface area (Å²) >= 11 is 1.51. The molecule has 186 valence electrons. The number of ether oxygens (including phenoxy) is 1. The molecule has 0 saturated carbocycles. The van der Waals surface area contributed by atoms with Gasteiger partial charge >= 0.3 is 0 Å². The molecule has 2 aromatic rings. The lowest BCUT2D eigenvalue weighted by Crippen LogP contribution is -2.51. The van der Waals surface area contributed by atoms with Crippen molar-refractivity contribution in [3.8, 4) is 0 Å². The van der Waals surface area contributed by atoms with Gasteiger partial charge in [0.2, 0.25) is 6.54 Å². The zero-order chi connectivity index (χ0) is 24.4. The molecule has 1 spiro atoms. The molecule has 35 heavy (non-hydrogen) atoms. The summed E-state index contributed by atoms with van der Waals surface area (Å²) in [5.41, 5.74) is 7.10. The van der Waals surface area contributed by atoms with Crippen molar-refractivity contribution >= 4 is 23.4 Å². The van der Waals surface area contributed by atoms with Gasteiger partial charge in [-0.3, -0.25) is 0 Å². The van der Waals surface area contributed by atoms with Gasteiger partial charge < -0.3 is 30.2 Å². The van der Waals surface area contributed by atoms with E-state index in [-0.39, 0.29) is 30.2 Å². The van der Waals surface area contributed by atoms with Gasteiger partial charge in [-0.2, -0.15) is 0 Å². The van der Waals surface area contributed by atoms with Crippen molar-refractivity contribution in [3.63, 3.8) is 0 Å². The van der Waals surface area contributed by atoms with Crippen LogP contribution >= 0.6 is 11.8 Å². The van der Waals surface area contributed by atoms with Crippen LogP contribution in [-0.2, 0) is 11.3 Å². The minimum atomic E-state index is -0.161. The molecule has 0 aromatic carbocycles. The number of pyridine rings is 1. The van der Waals surface area contributed by atoms with E-state index in [1.807, 2.05) is 12.3 Å². The van der Waals surface area contributed by atoms with Gasteiger partial charge in [-0.1, -0.05) is 11.8 Å². The molecule has 0 radical (unpaired) electrons. The highest BCUT2D eigenvalue weighted by Gasteiger charge is 2.47. The highest BCUT2D eigenvalue weighted by atomic mass is 32.2. The molecule has 2 aromatic heterocycles. The Morgan fingerprint density at radius 1 is 1.31 bits per heavy atom. The maximum absolute atomic E-state index is 10.1. The van der Waals surface area contributed by atoms with Crippen LogP contribution in [0.1, 0.15) is 38.3 Å². The average Bonchev–Trinajstić information content (AvgIpc) is 3.46.